The number of aromatic hydroxyl groups is 1. The summed E-state index contributed by atoms with van der Waals surface area (Å²) in [6.45, 7) is 0. The van der Waals surface area contributed by atoms with Gasteiger partial charge < -0.3 is 5.11 Å². The molecule has 0 atom stereocenters. The molecule has 0 aliphatic heterocycles. The first-order valence-electron chi connectivity index (χ1n) is 8.47. The van der Waals surface area contributed by atoms with E-state index in [1.54, 1.807) is 28.8 Å². The number of nitrogens with zero attached hydrogens (tertiary/aromatic N) is 2. The lowest BCUT2D eigenvalue weighted by Gasteiger charge is -2.12. The molecule has 28 heavy (non-hydrogen) atoms. The minimum Gasteiger partial charge on any atom is -0.508 e. The Kier molecular flexibility index (Phi) is 5.32. The summed E-state index contributed by atoms with van der Waals surface area (Å²) < 4.78 is 3.54. The summed E-state index contributed by atoms with van der Waals surface area (Å²) in [7, 11) is 0. The quantitative estimate of drug-likeness (QED) is 0.340. The Balaban J connectivity index is 1.93. The largest absolute Gasteiger partial charge is 0.508 e. The van der Waals surface area contributed by atoms with E-state index in [1.165, 1.54) is 0 Å². The lowest BCUT2D eigenvalue weighted by molar-refractivity contribution is 0.475. The summed E-state index contributed by atoms with van der Waals surface area (Å²) in [5.41, 5.74) is 2.18. The molecule has 0 fully saturated rings. The maximum atomic E-state index is 13.3. The Bertz CT molecular complexity index is 1250. The molecule has 0 spiro atoms. The maximum Gasteiger partial charge on any atom is 0.266 e. The molecule has 1 N–H and O–H groups in total. The predicted molar refractivity (Wildman–Crippen MR) is 125 cm³/mol. The molecule has 1 heterocycles. The standard InChI is InChI=1S/C22H14BrIN2O2/c23-15-4-7-17(8-5-15)26-21(12-3-14-1-9-18(27)10-2-14)25-20-11-6-16(24)13-19(20)22(26)28/h1-13,27H. The zero-order valence-corrected chi connectivity index (χ0v) is 18.3. The normalized spacial score (nSPS) is 11.4. The van der Waals surface area contributed by atoms with E-state index in [9.17, 15) is 9.90 Å². The van der Waals surface area contributed by atoms with Crippen LogP contribution < -0.4 is 5.56 Å². The van der Waals surface area contributed by atoms with Crippen LogP contribution in [0.15, 0.2) is 76.0 Å². The van der Waals surface area contributed by atoms with Crippen LogP contribution in [0.25, 0.3) is 28.7 Å². The van der Waals surface area contributed by atoms with E-state index in [-0.39, 0.29) is 11.3 Å². The fraction of sp³-hybridized carbons (Fsp3) is 0. The van der Waals surface area contributed by atoms with Gasteiger partial charge in [-0.15, -0.1) is 0 Å². The SMILES string of the molecule is O=c1c2cc(I)ccc2nc(C=Cc2ccc(O)cc2)n1-c1ccc(Br)cc1. The Labute approximate surface area is 183 Å². The van der Waals surface area contributed by atoms with E-state index >= 15 is 0 Å². The highest BCUT2D eigenvalue weighted by atomic mass is 127. The van der Waals surface area contributed by atoms with Gasteiger partial charge in [-0.05, 0) is 88.8 Å². The van der Waals surface area contributed by atoms with Crippen LogP contribution in [0.2, 0.25) is 0 Å². The summed E-state index contributed by atoms with van der Waals surface area (Å²) >= 11 is 5.63. The van der Waals surface area contributed by atoms with E-state index in [2.05, 4.69) is 38.5 Å². The van der Waals surface area contributed by atoms with Crippen LogP contribution >= 0.6 is 38.5 Å². The van der Waals surface area contributed by atoms with Crippen LogP contribution in [0.3, 0.4) is 0 Å². The van der Waals surface area contributed by atoms with Crippen LogP contribution in [0.4, 0.5) is 0 Å². The smallest absolute Gasteiger partial charge is 0.266 e. The van der Waals surface area contributed by atoms with E-state index in [4.69, 9.17) is 4.98 Å². The molecule has 3 aromatic carbocycles. The van der Waals surface area contributed by atoms with Crippen molar-refractivity contribution in [3.05, 3.63) is 96.5 Å². The van der Waals surface area contributed by atoms with Crippen molar-refractivity contribution in [3.63, 3.8) is 0 Å². The monoisotopic (exact) mass is 544 g/mol. The van der Waals surface area contributed by atoms with Gasteiger partial charge in [0.05, 0.1) is 16.6 Å². The third-order valence-corrected chi connectivity index (χ3v) is 5.46. The van der Waals surface area contributed by atoms with Crippen LogP contribution in [-0.2, 0) is 0 Å². The van der Waals surface area contributed by atoms with Crippen molar-refractivity contribution < 1.29 is 5.11 Å². The van der Waals surface area contributed by atoms with Crippen LogP contribution in [-0.4, -0.2) is 14.7 Å². The van der Waals surface area contributed by atoms with E-state index < -0.39 is 0 Å². The number of rotatable bonds is 3. The second-order valence-corrected chi connectivity index (χ2v) is 8.33. The fourth-order valence-electron chi connectivity index (χ4n) is 2.88. The average Bonchev–Trinajstić information content (AvgIpc) is 2.69. The molecule has 0 radical (unpaired) electrons. The Morgan fingerprint density at radius 2 is 1.68 bits per heavy atom. The summed E-state index contributed by atoms with van der Waals surface area (Å²) in [4.78, 5) is 18.0. The minimum absolute atomic E-state index is 0.115. The van der Waals surface area contributed by atoms with Crippen LogP contribution in [0, 0.1) is 3.57 Å². The summed E-state index contributed by atoms with van der Waals surface area (Å²) in [5, 5.41) is 10.0. The maximum absolute atomic E-state index is 13.3. The Morgan fingerprint density at radius 3 is 2.39 bits per heavy atom. The fourth-order valence-corrected chi connectivity index (χ4v) is 3.64. The predicted octanol–water partition coefficient (Wildman–Crippen LogP) is 5.63. The first kappa shape index (κ1) is 18.9. The van der Waals surface area contributed by atoms with Crippen LogP contribution in [0.5, 0.6) is 5.75 Å². The molecule has 0 saturated carbocycles. The van der Waals surface area contributed by atoms with Crippen molar-refractivity contribution >= 4 is 61.6 Å². The van der Waals surface area contributed by atoms with Gasteiger partial charge in [-0.1, -0.05) is 34.1 Å². The number of phenols is 1. The van der Waals surface area contributed by atoms with Gasteiger partial charge in [0, 0.05) is 8.04 Å². The van der Waals surface area contributed by atoms with Crippen molar-refractivity contribution in [1.82, 2.24) is 9.55 Å². The molecule has 1 aromatic heterocycles. The number of benzene rings is 3. The lowest BCUT2D eigenvalue weighted by atomic mass is 10.2. The molecule has 0 bridgehead atoms. The molecule has 6 heteroatoms. The number of phenolic OH excluding ortho intramolecular Hbond substituents is 1. The van der Waals surface area contributed by atoms with Gasteiger partial charge in [-0.3, -0.25) is 9.36 Å². The highest BCUT2D eigenvalue weighted by Crippen LogP contribution is 2.19. The second-order valence-electron chi connectivity index (χ2n) is 6.17. The highest BCUT2D eigenvalue weighted by molar-refractivity contribution is 14.1. The van der Waals surface area contributed by atoms with E-state index in [0.717, 1.165) is 19.3 Å². The summed E-state index contributed by atoms with van der Waals surface area (Å²) in [5.74, 6) is 0.747. The van der Waals surface area contributed by atoms with Gasteiger partial charge >= 0.3 is 0 Å². The molecule has 0 unspecified atom stereocenters. The molecule has 0 aliphatic carbocycles. The average molecular weight is 545 g/mol. The number of fused-ring (bicyclic) bond motifs is 1. The molecular weight excluding hydrogens is 531 g/mol. The molecule has 4 nitrogen and oxygen atoms in total. The van der Waals surface area contributed by atoms with E-state index in [1.807, 2.05) is 54.6 Å². The van der Waals surface area contributed by atoms with Gasteiger partial charge in [0.15, 0.2) is 0 Å². The molecule has 4 rings (SSSR count). The zero-order chi connectivity index (χ0) is 19.7. The van der Waals surface area contributed by atoms with Gasteiger partial charge in [-0.2, -0.15) is 0 Å². The number of halogens is 2. The zero-order valence-electron chi connectivity index (χ0n) is 14.5. The molecular formula is C22H14BrIN2O2. The van der Waals surface area contributed by atoms with Gasteiger partial charge in [0.2, 0.25) is 0 Å². The highest BCUT2D eigenvalue weighted by Gasteiger charge is 2.11. The molecule has 0 aliphatic rings. The number of aromatic nitrogens is 2. The van der Waals surface area contributed by atoms with Crippen molar-refractivity contribution in [3.8, 4) is 11.4 Å². The molecule has 4 aromatic rings. The first-order chi connectivity index (χ1) is 13.5. The Hall–Kier alpha value is -2.45. The van der Waals surface area contributed by atoms with Gasteiger partial charge in [0.25, 0.3) is 5.56 Å². The van der Waals surface area contributed by atoms with Crippen molar-refractivity contribution in [2.45, 2.75) is 0 Å². The molecule has 0 amide bonds. The minimum atomic E-state index is -0.115. The van der Waals surface area contributed by atoms with Crippen molar-refractivity contribution in [2.24, 2.45) is 0 Å². The topological polar surface area (TPSA) is 55.1 Å². The Morgan fingerprint density at radius 1 is 0.964 bits per heavy atom. The molecule has 0 saturated heterocycles. The first-order valence-corrected chi connectivity index (χ1v) is 10.3. The third kappa shape index (κ3) is 3.88. The lowest BCUT2D eigenvalue weighted by Crippen LogP contribution is -2.22. The molecule has 138 valence electrons. The van der Waals surface area contributed by atoms with E-state index in [0.29, 0.717) is 16.7 Å². The summed E-state index contributed by atoms with van der Waals surface area (Å²) in [6.07, 6.45) is 3.68. The third-order valence-electron chi connectivity index (χ3n) is 4.26. The summed E-state index contributed by atoms with van der Waals surface area (Å²) in [6, 6.07) is 20.1. The van der Waals surface area contributed by atoms with Crippen molar-refractivity contribution in [2.75, 3.05) is 0 Å². The van der Waals surface area contributed by atoms with Gasteiger partial charge in [0.1, 0.15) is 11.6 Å². The number of hydrogen-bond acceptors (Lipinski definition) is 3. The number of hydrogen-bond donors (Lipinski definition) is 1. The van der Waals surface area contributed by atoms with Crippen LogP contribution in [0.1, 0.15) is 11.4 Å². The van der Waals surface area contributed by atoms with Crippen molar-refractivity contribution in [1.29, 1.82) is 0 Å². The van der Waals surface area contributed by atoms with Gasteiger partial charge in [-0.25, -0.2) is 4.98 Å². The second kappa shape index (κ2) is 7.89.